The highest BCUT2D eigenvalue weighted by Gasteiger charge is 2.43. The summed E-state index contributed by atoms with van der Waals surface area (Å²) in [6, 6.07) is 76.6. The summed E-state index contributed by atoms with van der Waals surface area (Å²) in [6.07, 6.45) is 0. The predicted octanol–water partition coefficient (Wildman–Crippen LogP) is 12.7. The standard InChI is InChI=1S/C54H35BN2O/c1-3-18-36(19-4-1)38-22-7-8-23-39(38)41-25-15-27-43-44-28-16-26-42(54(44)58-53(41)43)40-24-9-12-31-47(40)57-49-33-14-11-30-46(49)55-45-29-10-13-32-48(45)56(37-20-5-2-6-21-37)50-34-17-35-51(57)52(50)55/h1-35H. The molecule has 0 unspecified atom stereocenters. The maximum Gasteiger partial charge on any atom is 0.252 e. The van der Waals surface area contributed by atoms with E-state index in [1.165, 1.54) is 50.3 Å². The molecule has 2 aliphatic heterocycles. The molecular formula is C54H35BN2O. The van der Waals surface area contributed by atoms with Gasteiger partial charge in [-0.3, -0.25) is 0 Å². The summed E-state index contributed by atoms with van der Waals surface area (Å²) in [7, 11) is 0. The van der Waals surface area contributed by atoms with Crippen LogP contribution in [0, 0.1) is 0 Å². The van der Waals surface area contributed by atoms with Crippen LogP contribution in [0.2, 0.25) is 0 Å². The number of hydrogen-bond donors (Lipinski definition) is 0. The first-order valence-electron chi connectivity index (χ1n) is 20.0. The van der Waals surface area contributed by atoms with Crippen LogP contribution in [-0.4, -0.2) is 6.71 Å². The lowest BCUT2D eigenvalue weighted by atomic mass is 9.33. The van der Waals surface area contributed by atoms with Crippen molar-refractivity contribution in [1.29, 1.82) is 0 Å². The molecule has 0 fully saturated rings. The van der Waals surface area contributed by atoms with Crippen molar-refractivity contribution in [3.63, 3.8) is 0 Å². The molecule has 3 nitrogen and oxygen atoms in total. The highest BCUT2D eigenvalue weighted by molar-refractivity contribution is 7.00. The van der Waals surface area contributed by atoms with Gasteiger partial charge in [0, 0.05) is 55.9 Å². The second kappa shape index (κ2) is 13.0. The third-order valence-electron chi connectivity index (χ3n) is 12.1. The number of fused-ring (bicyclic) bond motifs is 7. The van der Waals surface area contributed by atoms with Gasteiger partial charge in [0.15, 0.2) is 0 Å². The van der Waals surface area contributed by atoms with Gasteiger partial charge < -0.3 is 14.2 Å². The Morgan fingerprint density at radius 3 is 1.43 bits per heavy atom. The lowest BCUT2D eigenvalue weighted by Crippen LogP contribution is -2.61. The Balaban J connectivity index is 1.08. The summed E-state index contributed by atoms with van der Waals surface area (Å²) in [5.41, 5.74) is 19.5. The van der Waals surface area contributed by atoms with E-state index >= 15 is 0 Å². The Hall–Kier alpha value is -7.56. The molecular weight excluding hydrogens is 703 g/mol. The largest absolute Gasteiger partial charge is 0.455 e. The topological polar surface area (TPSA) is 19.6 Å². The van der Waals surface area contributed by atoms with E-state index < -0.39 is 0 Å². The van der Waals surface area contributed by atoms with E-state index in [1.807, 2.05) is 0 Å². The number of benzene rings is 9. The predicted molar refractivity (Wildman–Crippen MR) is 244 cm³/mol. The fourth-order valence-corrected chi connectivity index (χ4v) is 9.68. The molecule has 0 amide bonds. The van der Waals surface area contributed by atoms with Crippen LogP contribution in [0.15, 0.2) is 217 Å². The average molecular weight is 739 g/mol. The number of anilines is 6. The monoisotopic (exact) mass is 738 g/mol. The quantitative estimate of drug-likeness (QED) is 0.164. The summed E-state index contributed by atoms with van der Waals surface area (Å²) in [5.74, 6) is 0. The van der Waals surface area contributed by atoms with Crippen molar-refractivity contribution in [2.75, 3.05) is 9.80 Å². The summed E-state index contributed by atoms with van der Waals surface area (Å²) in [4.78, 5) is 4.92. The molecule has 0 N–H and O–H groups in total. The van der Waals surface area contributed by atoms with Gasteiger partial charge in [0.2, 0.25) is 0 Å². The Kier molecular flexibility index (Phi) is 7.33. The Morgan fingerprint density at radius 2 is 0.759 bits per heavy atom. The van der Waals surface area contributed by atoms with Crippen LogP contribution in [0.3, 0.4) is 0 Å². The number of hydrogen-bond acceptors (Lipinski definition) is 3. The second-order valence-electron chi connectivity index (χ2n) is 15.2. The zero-order chi connectivity index (χ0) is 38.2. The molecule has 4 heteroatoms. The second-order valence-corrected chi connectivity index (χ2v) is 15.2. The molecule has 1 aromatic heterocycles. The molecule has 0 atom stereocenters. The fourth-order valence-electron chi connectivity index (χ4n) is 9.68. The first kappa shape index (κ1) is 32.7. The molecule has 0 saturated carbocycles. The van der Waals surface area contributed by atoms with Gasteiger partial charge in [-0.15, -0.1) is 0 Å². The molecule has 0 saturated heterocycles. The number of nitrogens with zero attached hydrogens (tertiary/aromatic N) is 2. The van der Waals surface area contributed by atoms with Crippen LogP contribution >= 0.6 is 0 Å². The van der Waals surface area contributed by atoms with Gasteiger partial charge in [0.1, 0.15) is 11.2 Å². The minimum absolute atomic E-state index is 0.0814. The van der Waals surface area contributed by atoms with Crippen molar-refractivity contribution in [1.82, 2.24) is 0 Å². The normalized spacial score (nSPS) is 12.7. The van der Waals surface area contributed by atoms with Crippen LogP contribution < -0.4 is 26.2 Å². The van der Waals surface area contributed by atoms with Crippen molar-refractivity contribution in [2.24, 2.45) is 0 Å². The maximum absolute atomic E-state index is 7.14. The van der Waals surface area contributed by atoms with Crippen molar-refractivity contribution >= 4 is 79.2 Å². The zero-order valence-electron chi connectivity index (χ0n) is 31.6. The molecule has 10 aromatic rings. The summed E-state index contributed by atoms with van der Waals surface area (Å²) in [5, 5.41) is 2.21. The SMILES string of the molecule is c1ccc(-c2ccccc2-c2cccc3c2oc2c(-c4ccccc4N4c5ccccc5B5c6ccccc6N(c6ccccc6)c6cccc4c65)cccc23)cc1. The first-order chi connectivity index (χ1) is 28.8. The molecule has 2 aliphatic rings. The van der Waals surface area contributed by atoms with E-state index in [1.54, 1.807) is 0 Å². The van der Waals surface area contributed by atoms with E-state index in [0.29, 0.717) is 0 Å². The van der Waals surface area contributed by atoms with Crippen LogP contribution in [-0.2, 0) is 0 Å². The third kappa shape index (κ3) is 4.82. The smallest absolute Gasteiger partial charge is 0.252 e. The number of para-hydroxylation sites is 6. The molecule has 12 rings (SSSR count). The summed E-state index contributed by atoms with van der Waals surface area (Å²) >= 11 is 0. The minimum Gasteiger partial charge on any atom is -0.455 e. The first-order valence-corrected chi connectivity index (χ1v) is 20.0. The molecule has 0 bridgehead atoms. The molecule has 58 heavy (non-hydrogen) atoms. The van der Waals surface area contributed by atoms with E-state index in [9.17, 15) is 0 Å². The van der Waals surface area contributed by atoms with E-state index in [2.05, 4.69) is 222 Å². The van der Waals surface area contributed by atoms with Gasteiger partial charge in [-0.25, -0.2) is 0 Å². The third-order valence-corrected chi connectivity index (χ3v) is 12.1. The van der Waals surface area contributed by atoms with Gasteiger partial charge in [-0.2, -0.15) is 0 Å². The van der Waals surface area contributed by atoms with Crippen molar-refractivity contribution in [3.8, 4) is 33.4 Å². The molecule has 270 valence electrons. The van der Waals surface area contributed by atoms with E-state index in [4.69, 9.17) is 4.42 Å². The highest BCUT2D eigenvalue weighted by atomic mass is 16.3. The van der Waals surface area contributed by atoms with Gasteiger partial charge in [-0.05, 0) is 75.5 Å². The molecule has 9 aromatic carbocycles. The van der Waals surface area contributed by atoms with Crippen molar-refractivity contribution in [2.45, 2.75) is 0 Å². The Bertz CT molecular complexity index is 3210. The molecule has 0 aliphatic carbocycles. The van der Waals surface area contributed by atoms with Crippen LogP contribution in [0.25, 0.3) is 55.3 Å². The van der Waals surface area contributed by atoms with Gasteiger partial charge in [0.05, 0.1) is 5.69 Å². The van der Waals surface area contributed by atoms with E-state index in [0.717, 1.165) is 55.6 Å². The summed E-state index contributed by atoms with van der Waals surface area (Å²) in [6.45, 7) is 0.0814. The number of rotatable bonds is 5. The zero-order valence-corrected chi connectivity index (χ0v) is 31.6. The van der Waals surface area contributed by atoms with E-state index in [-0.39, 0.29) is 6.71 Å². The van der Waals surface area contributed by atoms with Gasteiger partial charge >= 0.3 is 0 Å². The Morgan fingerprint density at radius 1 is 0.310 bits per heavy atom. The van der Waals surface area contributed by atoms with Crippen LogP contribution in [0.1, 0.15) is 0 Å². The van der Waals surface area contributed by atoms with Gasteiger partial charge in [-0.1, -0.05) is 170 Å². The van der Waals surface area contributed by atoms with Gasteiger partial charge in [0.25, 0.3) is 6.71 Å². The highest BCUT2D eigenvalue weighted by Crippen LogP contribution is 2.48. The maximum atomic E-state index is 7.14. The van der Waals surface area contributed by atoms with Crippen molar-refractivity contribution < 1.29 is 4.42 Å². The lowest BCUT2D eigenvalue weighted by molar-refractivity contribution is 0.671. The lowest BCUT2D eigenvalue weighted by Gasteiger charge is -2.44. The molecule has 0 spiro atoms. The fraction of sp³-hybridized carbons (Fsp3) is 0. The Labute approximate surface area is 337 Å². The van der Waals surface area contributed by atoms with Crippen LogP contribution in [0.4, 0.5) is 34.1 Å². The van der Waals surface area contributed by atoms with Crippen molar-refractivity contribution in [3.05, 3.63) is 212 Å². The average Bonchev–Trinajstić information content (AvgIpc) is 3.69. The minimum atomic E-state index is 0.0814. The summed E-state index contributed by atoms with van der Waals surface area (Å²) < 4.78 is 7.14. The van der Waals surface area contributed by atoms with Crippen LogP contribution in [0.5, 0.6) is 0 Å². The number of furan rings is 1. The molecule has 3 heterocycles. The molecule has 0 radical (unpaired) electrons.